The van der Waals surface area contributed by atoms with Crippen LogP contribution >= 0.6 is 0 Å². The van der Waals surface area contributed by atoms with Gasteiger partial charge in [0, 0.05) is 22.7 Å². The summed E-state index contributed by atoms with van der Waals surface area (Å²) in [5, 5.41) is 0.988. The average molecular weight is 275 g/mol. The van der Waals surface area contributed by atoms with Crippen molar-refractivity contribution in [1.82, 2.24) is 4.98 Å². The Morgan fingerprint density at radius 2 is 1.67 bits per heavy atom. The first-order valence-electron chi connectivity index (χ1n) is 7.14. The zero-order valence-corrected chi connectivity index (χ0v) is 12.2. The molecular weight excluding hydrogens is 258 g/mol. The molecule has 0 aliphatic carbocycles. The fourth-order valence-electron chi connectivity index (χ4n) is 2.38. The molecule has 3 aromatic rings. The van der Waals surface area contributed by atoms with Gasteiger partial charge in [-0.3, -0.25) is 9.78 Å². The largest absolute Gasteiger partial charge is 0.289 e. The standard InChI is InChI=1S/C19H17NO/c1-13(2)14-7-9-15(10-8-14)19(21)17-11-16-5-3-4-6-18(16)20-12-17/h3-13H,1-2H3. The number of benzene rings is 2. The molecule has 3 rings (SSSR count). The van der Waals surface area contributed by atoms with E-state index in [1.54, 1.807) is 6.20 Å². The normalized spacial score (nSPS) is 11.0. The Labute approximate surface area is 124 Å². The van der Waals surface area contributed by atoms with Crippen LogP contribution < -0.4 is 0 Å². The van der Waals surface area contributed by atoms with Gasteiger partial charge in [-0.15, -0.1) is 0 Å². The molecule has 0 spiro atoms. The van der Waals surface area contributed by atoms with E-state index in [1.807, 2.05) is 54.6 Å². The van der Waals surface area contributed by atoms with Gasteiger partial charge in [0.15, 0.2) is 5.78 Å². The summed E-state index contributed by atoms with van der Waals surface area (Å²) in [5.41, 5.74) is 3.48. The van der Waals surface area contributed by atoms with Crippen LogP contribution in [0.1, 0.15) is 41.3 Å². The minimum Gasteiger partial charge on any atom is -0.289 e. The maximum absolute atomic E-state index is 12.5. The van der Waals surface area contributed by atoms with E-state index < -0.39 is 0 Å². The molecule has 0 atom stereocenters. The van der Waals surface area contributed by atoms with Gasteiger partial charge in [-0.1, -0.05) is 56.3 Å². The van der Waals surface area contributed by atoms with Crippen molar-refractivity contribution in [3.63, 3.8) is 0 Å². The Balaban J connectivity index is 1.95. The van der Waals surface area contributed by atoms with Crippen molar-refractivity contribution in [1.29, 1.82) is 0 Å². The van der Waals surface area contributed by atoms with E-state index in [4.69, 9.17) is 0 Å². The van der Waals surface area contributed by atoms with Crippen molar-refractivity contribution < 1.29 is 4.79 Å². The quantitative estimate of drug-likeness (QED) is 0.654. The van der Waals surface area contributed by atoms with E-state index in [9.17, 15) is 4.79 Å². The molecule has 1 aromatic heterocycles. The van der Waals surface area contributed by atoms with E-state index in [-0.39, 0.29) is 5.78 Å². The molecule has 104 valence electrons. The predicted molar refractivity (Wildman–Crippen MR) is 85.7 cm³/mol. The van der Waals surface area contributed by atoms with Crippen LogP contribution in [0.2, 0.25) is 0 Å². The maximum atomic E-state index is 12.5. The monoisotopic (exact) mass is 275 g/mol. The van der Waals surface area contributed by atoms with Crippen LogP contribution in [-0.2, 0) is 0 Å². The number of rotatable bonds is 3. The molecular formula is C19H17NO. The first-order chi connectivity index (χ1) is 10.1. The summed E-state index contributed by atoms with van der Waals surface area (Å²) in [7, 11) is 0. The SMILES string of the molecule is CC(C)c1ccc(C(=O)c2cnc3ccccc3c2)cc1. The first-order valence-corrected chi connectivity index (χ1v) is 7.14. The average Bonchev–Trinajstić information content (AvgIpc) is 2.54. The highest BCUT2D eigenvalue weighted by Gasteiger charge is 2.10. The van der Waals surface area contributed by atoms with Gasteiger partial charge in [0.2, 0.25) is 0 Å². The van der Waals surface area contributed by atoms with Gasteiger partial charge in [-0.2, -0.15) is 0 Å². The Morgan fingerprint density at radius 1 is 0.952 bits per heavy atom. The number of nitrogens with zero attached hydrogens (tertiary/aromatic N) is 1. The van der Waals surface area contributed by atoms with Crippen LogP contribution in [0.3, 0.4) is 0 Å². The summed E-state index contributed by atoms with van der Waals surface area (Å²) < 4.78 is 0. The number of carbonyl (C=O) groups excluding carboxylic acids is 1. The predicted octanol–water partition coefficient (Wildman–Crippen LogP) is 4.59. The minimum absolute atomic E-state index is 0.0172. The number of para-hydroxylation sites is 1. The third-order valence-electron chi connectivity index (χ3n) is 3.69. The summed E-state index contributed by atoms with van der Waals surface area (Å²) in [5.74, 6) is 0.486. The van der Waals surface area contributed by atoms with Crippen molar-refractivity contribution in [3.05, 3.63) is 77.5 Å². The van der Waals surface area contributed by atoms with Crippen LogP contribution in [0.5, 0.6) is 0 Å². The fraction of sp³-hybridized carbons (Fsp3) is 0.158. The highest BCUT2D eigenvalue weighted by Crippen LogP contribution is 2.18. The molecule has 2 aromatic carbocycles. The number of fused-ring (bicyclic) bond motifs is 1. The third kappa shape index (κ3) is 2.70. The Bertz CT molecular complexity index is 788. The Morgan fingerprint density at radius 3 is 2.38 bits per heavy atom. The van der Waals surface area contributed by atoms with Gasteiger partial charge in [0.25, 0.3) is 0 Å². The van der Waals surface area contributed by atoms with Crippen molar-refractivity contribution >= 4 is 16.7 Å². The van der Waals surface area contributed by atoms with Gasteiger partial charge in [0.05, 0.1) is 5.52 Å². The summed E-state index contributed by atoms with van der Waals surface area (Å²) >= 11 is 0. The molecule has 1 heterocycles. The minimum atomic E-state index is 0.0172. The molecule has 0 fully saturated rings. The summed E-state index contributed by atoms with van der Waals surface area (Å²) in [6.07, 6.45) is 1.65. The zero-order chi connectivity index (χ0) is 14.8. The van der Waals surface area contributed by atoms with Crippen LogP contribution in [-0.4, -0.2) is 10.8 Å². The Kier molecular flexibility index (Phi) is 3.53. The second kappa shape index (κ2) is 5.49. The lowest BCUT2D eigenvalue weighted by molar-refractivity contribution is 0.103. The highest BCUT2D eigenvalue weighted by molar-refractivity contribution is 6.10. The topological polar surface area (TPSA) is 30.0 Å². The number of hydrogen-bond acceptors (Lipinski definition) is 2. The van der Waals surface area contributed by atoms with Gasteiger partial charge >= 0.3 is 0 Å². The van der Waals surface area contributed by atoms with Gasteiger partial charge in [0.1, 0.15) is 0 Å². The molecule has 0 saturated carbocycles. The fourth-order valence-corrected chi connectivity index (χ4v) is 2.38. The van der Waals surface area contributed by atoms with Crippen LogP contribution in [0, 0.1) is 0 Å². The molecule has 0 aliphatic rings. The van der Waals surface area contributed by atoms with Crippen LogP contribution in [0.25, 0.3) is 10.9 Å². The number of carbonyl (C=O) groups is 1. The lowest BCUT2D eigenvalue weighted by atomic mass is 9.98. The zero-order valence-electron chi connectivity index (χ0n) is 12.2. The molecule has 0 aliphatic heterocycles. The number of hydrogen-bond donors (Lipinski definition) is 0. The molecule has 0 bridgehead atoms. The van der Waals surface area contributed by atoms with Crippen molar-refractivity contribution in [3.8, 4) is 0 Å². The summed E-state index contributed by atoms with van der Waals surface area (Å²) in [6.45, 7) is 4.29. The molecule has 0 saturated heterocycles. The van der Waals surface area contributed by atoms with Gasteiger partial charge in [-0.05, 0) is 23.6 Å². The van der Waals surface area contributed by atoms with Crippen molar-refractivity contribution in [2.45, 2.75) is 19.8 Å². The molecule has 2 nitrogen and oxygen atoms in total. The summed E-state index contributed by atoms with van der Waals surface area (Å²) in [6, 6.07) is 17.6. The van der Waals surface area contributed by atoms with Crippen molar-refractivity contribution in [2.24, 2.45) is 0 Å². The number of aromatic nitrogens is 1. The molecule has 21 heavy (non-hydrogen) atoms. The van der Waals surface area contributed by atoms with Crippen LogP contribution in [0.4, 0.5) is 0 Å². The molecule has 0 amide bonds. The number of pyridine rings is 1. The third-order valence-corrected chi connectivity index (χ3v) is 3.69. The van der Waals surface area contributed by atoms with E-state index in [0.29, 0.717) is 17.0 Å². The van der Waals surface area contributed by atoms with E-state index >= 15 is 0 Å². The van der Waals surface area contributed by atoms with E-state index in [1.165, 1.54) is 5.56 Å². The Hall–Kier alpha value is -2.48. The highest BCUT2D eigenvalue weighted by atomic mass is 16.1. The summed E-state index contributed by atoms with van der Waals surface area (Å²) in [4.78, 5) is 16.9. The molecule has 0 unspecified atom stereocenters. The van der Waals surface area contributed by atoms with Crippen LogP contribution in [0.15, 0.2) is 60.8 Å². The van der Waals surface area contributed by atoms with Gasteiger partial charge < -0.3 is 0 Å². The van der Waals surface area contributed by atoms with E-state index in [0.717, 1.165) is 10.9 Å². The maximum Gasteiger partial charge on any atom is 0.194 e. The second-order valence-corrected chi connectivity index (χ2v) is 5.52. The van der Waals surface area contributed by atoms with E-state index in [2.05, 4.69) is 18.8 Å². The number of ketones is 1. The lowest BCUT2D eigenvalue weighted by Crippen LogP contribution is -2.02. The van der Waals surface area contributed by atoms with Gasteiger partial charge in [-0.25, -0.2) is 0 Å². The molecule has 0 N–H and O–H groups in total. The molecule has 0 radical (unpaired) electrons. The lowest BCUT2D eigenvalue weighted by Gasteiger charge is -2.07. The second-order valence-electron chi connectivity index (χ2n) is 5.52. The molecule has 2 heteroatoms. The van der Waals surface area contributed by atoms with Crippen molar-refractivity contribution in [2.75, 3.05) is 0 Å². The first kappa shape index (κ1) is 13.5. The smallest absolute Gasteiger partial charge is 0.194 e.